The third-order valence-electron chi connectivity index (χ3n) is 2.42. The molecule has 6 nitrogen and oxygen atoms in total. The largest absolute Gasteiger partial charge is 0.478 e. The van der Waals surface area contributed by atoms with Crippen LogP contribution in [0.4, 0.5) is 11.6 Å². The molecule has 2 rings (SSSR count). The van der Waals surface area contributed by atoms with Crippen LogP contribution in [0.1, 0.15) is 15.9 Å². The average molecular weight is 279 g/mol. The molecule has 0 atom stereocenters. The van der Waals surface area contributed by atoms with E-state index in [0.29, 0.717) is 17.3 Å². The predicted molar refractivity (Wildman–Crippen MR) is 72.2 cm³/mol. The van der Waals surface area contributed by atoms with Gasteiger partial charge < -0.3 is 16.2 Å². The first-order valence-electron chi connectivity index (χ1n) is 5.39. The Bertz CT molecular complexity index is 601. The Labute approximate surface area is 114 Å². The minimum atomic E-state index is -1.00. The zero-order valence-corrected chi connectivity index (χ0v) is 10.6. The highest BCUT2D eigenvalue weighted by molar-refractivity contribution is 6.33. The van der Waals surface area contributed by atoms with Gasteiger partial charge in [-0.15, -0.1) is 0 Å². The van der Waals surface area contributed by atoms with Crippen molar-refractivity contribution in [2.24, 2.45) is 0 Å². The molecule has 0 spiro atoms. The van der Waals surface area contributed by atoms with Gasteiger partial charge in [-0.25, -0.2) is 14.8 Å². The van der Waals surface area contributed by atoms with Crippen LogP contribution in [0.2, 0.25) is 5.02 Å². The van der Waals surface area contributed by atoms with E-state index in [4.69, 9.17) is 22.4 Å². The number of aromatic carboxylic acids is 1. The molecule has 0 fully saturated rings. The lowest BCUT2D eigenvalue weighted by Crippen LogP contribution is -2.04. The quantitative estimate of drug-likeness (QED) is 0.791. The van der Waals surface area contributed by atoms with Gasteiger partial charge in [0.2, 0.25) is 5.95 Å². The first kappa shape index (κ1) is 13.1. The number of carbonyl (C=O) groups is 1. The van der Waals surface area contributed by atoms with E-state index in [0.717, 1.165) is 5.56 Å². The highest BCUT2D eigenvalue weighted by Gasteiger charge is 2.07. The molecule has 7 heteroatoms. The molecule has 0 radical (unpaired) electrons. The van der Waals surface area contributed by atoms with E-state index in [1.54, 1.807) is 12.4 Å². The van der Waals surface area contributed by atoms with Crippen LogP contribution >= 0.6 is 11.6 Å². The molecule has 0 aliphatic rings. The van der Waals surface area contributed by atoms with Gasteiger partial charge in [-0.3, -0.25) is 0 Å². The Morgan fingerprint density at radius 2 is 2.05 bits per heavy atom. The second-order valence-corrected chi connectivity index (χ2v) is 4.21. The van der Waals surface area contributed by atoms with E-state index in [1.165, 1.54) is 18.2 Å². The lowest BCUT2D eigenvalue weighted by Gasteiger charge is -2.09. The second kappa shape index (κ2) is 5.53. The van der Waals surface area contributed by atoms with Crippen molar-refractivity contribution >= 4 is 29.2 Å². The van der Waals surface area contributed by atoms with Crippen LogP contribution < -0.4 is 11.1 Å². The van der Waals surface area contributed by atoms with Crippen LogP contribution in [0.15, 0.2) is 30.6 Å². The molecule has 1 heterocycles. The van der Waals surface area contributed by atoms with Gasteiger partial charge in [0.05, 0.1) is 16.3 Å². The van der Waals surface area contributed by atoms with Gasteiger partial charge in [0.25, 0.3) is 0 Å². The smallest absolute Gasteiger partial charge is 0.335 e. The molecule has 4 N–H and O–H groups in total. The van der Waals surface area contributed by atoms with Crippen molar-refractivity contribution in [1.29, 1.82) is 0 Å². The Morgan fingerprint density at radius 3 is 2.68 bits per heavy atom. The SMILES string of the molecule is Nc1ncc(CNc2cc(C(=O)O)ccc2Cl)cn1. The maximum absolute atomic E-state index is 10.9. The molecule has 0 aliphatic carbocycles. The fourth-order valence-corrected chi connectivity index (χ4v) is 1.63. The second-order valence-electron chi connectivity index (χ2n) is 3.80. The van der Waals surface area contributed by atoms with Gasteiger partial charge in [0.1, 0.15) is 0 Å². The lowest BCUT2D eigenvalue weighted by molar-refractivity contribution is 0.0697. The molecule has 98 valence electrons. The number of nitrogens with one attached hydrogen (secondary N) is 1. The van der Waals surface area contributed by atoms with Gasteiger partial charge in [-0.1, -0.05) is 11.6 Å². The van der Waals surface area contributed by atoms with E-state index in [-0.39, 0.29) is 11.5 Å². The number of aromatic nitrogens is 2. The molecule has 1 aromatic heterocycles. The molecule has 2 aromatic rings. The highest BCUT2D eigenvalue weighted by Crippen LogP contribution is 2.23. The van der Waals surface area contributed by atoms with Crippen LogP contribution in [0, 0.1) is 0 Å². The van der Waals surface area contributed by atoms with Crippen molar-refractivity contribution in [1.82, 2.24) is 9.97 Å². The number of nitrogens with two attached hydrogens (primary N) is 1. The number of anilines is 2. The van der Waals surface area contributed by atoms with Gasteiger partial charge in [-0.2, -0.15) is 0 Å². The fourth-order valence-electron chi connectivity index (χ4n) is 1.45. The molecule has 19 heavy (non-hydrogen) atoms. The zero-order chi connectivity index (χ0) is 13.8. The maximum atomic E-state index is 10.9. The number of nitrogens with zero attached hydrogens (tertiary/aromatic N) is 2. The normalized spacial score (nSPS) is 10.2. The van der Waals surface area contributed by atoms with Crippen molar-refractivity contribution in [3.05, 3.63) is 46.7 Å². The average Bonchev–Trinajstić information content (AvgIpc) is 2.39. The number of benzene rings is 1. The number of carboxylic acids is 1. The van der Waals surface area contributed by atoms with Crippen LogP contribution in [0.25, 0.3) is 0 Å². The van der Waals surface area contributed by atoms with Crippen molar-refractivity contribution in [2.45, 2.75) is 6.54 Å². The minimum Gasteiger partial charge on any atom is -0.478 e. The van der Waals surface area contributed by atoms with Gasteiger partial charge in [0.15, 0.2) is 0 Å². The molecule has 0 bridgehead atoms. The van der Waals surface area contributed by atoms with E-state index < -0.39 is 5.97 Å². The van der Waals surface area contributed by atoms with Gasteiger partial charge >= 0.3 is 5.97 Å². The molecule has 0 unspecified atom stereocenters. The van der Waals surface area contributed by atoms with Crippen molar-refractivity contribution in [2.75, 3.05) is 11.1 Å². The van der Waals surface area contributed by atoms with Crippen LogP contribution in [0.5, 0.6) is 0 Å². The van der Waals surface area contributed by atoms with Crippen molar-refractivity contribution in [3.8, 4) is 0 Å². The number of hydrogen-bond acceptors (Lipinski definition) is 5. The van der Waals surface area contributed by atoms with Gasteiger partial charge in [0, 0.05) is 24.5 Å². The molecular weight excluding hydrogens is 268 g/mol. The summed E-state index contributed by atoms with van der Waals surface area (Å²) in [5, 5.41) is 12.4. The summed E-state index contributed by atoms with van der Waals surface area (Å²) < 4.78 is 0. The van der Waals surface area contributed by atoms with Crippen LogP contribution in [0.3, 0.4) is 0 Å². The van der Waals surface area contributed by atoms with E-state index in [1.807, 2.05) is 0 Å². The Morgan fingerprint density at radius 1 is 1.37 bits per heavy atom. The molecule has 0 saturated carbocycles. The summed E-state index contributed by atoms with van der Waals surface area (Å²) in [6.07, 6.45) is 3.18. The highest BCUT2D eigenvalue weighted by atomic mass is 35.5. The number of carboxylic acid groups (broad SMARTS) is 1. The predicted octanol–water partition coefficient (Wildman–Crippen LogP) is 2.02. The van der Waals surface area contributed by atoms with E-state index in [2.05, 4.69) is 15.3 Å². The van der Waals surface area contributed by atoms with E-state index >= 15 is 0 Å². The lowest BCUT2D eigenvalue weighted by atomic mass is 10.2. The number of nitrogen functional groups attached to an aromatic ring is 1. The van der Waals surface area contributed by atoms with Crippen LogP contribution in [-0.2, 0) is 6.54 Å². The first-order chi connectivity index (χ1) is 9.06. The minimum absolute atomic E-state index is 0.167. The third kappa shape index (κ3) is 3.32. The molecular formula is C12H11ClN4O2. The molecule has 0 aliphatic heterocycles. The summed E-state index contributed by atoms with van der Waals surface area (Å²) in [4.78, 5) is 18.6. The van der Waals surface area contributed by atoms with Gasteiger partial charge in [-0.05, 0) is 18.2 Å². The summed E-state index contributed by atoms with van der Waals surface area (Å²) in [6.45, 7) is 0.420. The molecule has 0 amide bonds. The number of rotatable bonds is 4. The van der Waals surface area contributed by atoms with Crippen molar-refractivity contribution < 1.29 is 9.90 Å². The molecule has 1 aromatic carbocycles. The molecule has 0 saturated heterocycles. The summed E-state index contributed by atoms with van der Waals surface area (Å²) >= 11 is 5.99. The Kier molecular flexibility index (Phi) is 3.82. The topological polar surface area (TPSA) is 101 Å². The zero-order valence-electron chi connectivity index (χ0n) is 9.80. The van der Waals surface area contributed by atoms with Crippen molar-refractivity contribution in [3.63, 3.8) is 0 Å². The maximum Gasteiger partial charge on any atom is 0.335 e. The first-order valence-corrected chi connectivity index (χ1v) is 5.77. The third-order valence-corrected chi connectivity index (χ3v) is 2.75. The summed E-state index contributed by atoms with van der Waals surface area (Å²) in [6, 6.07) is 4.46. The Hall–Kier alpha value is -2.34. The standard InChI is InChI=1S/C12H11ClN4O2/c13-9-2-1-8(11(18)19)3-10(9)15-4-7-5-16-12(14)17-6-7/h1-3,5-6,15H,4H2,(H,18,19)(H2,14,16,17). The number of halogens is 1. The van der Waals surface area contributed by atoms with E-state index in [9.17, 15) is 4.79 Å². The summed E-state index contributed by atoms with van der Waals surface area (Å²) in [7, 11) is 0. The Balaban J connectivity index is 2.12. The summed E-state index contributed by atoms with van der Waals surface area (Å²) in [5.41, 5.74) is 6.90. The number of hydrogen-bond donors (Lipinski definition) is 3. The monoisotopic (exact) mass is 278 g/mol. The van der Waals surface area contributed by atoms with Crippen LogP contribution in [-0.4, -0.2) is 21.0 Å². The summed E-state index contributed by atoms with van der Waals surface area (Å²) in [5.74, 6) is -0.801. The fraction of sp³-hybridized carbons (Fsp3) is 0.0833.